The second kappa shape index (κ2) is 6.07. The molecule has 1 saturated carbocycles. The average molecular weight is 356 g/mol. The number of pyridine rings is 1. The van der Waals surface area contributed by atoms with Crippen LogP contribution in [-0.4, -0.2) is 58.4 Å². The summed E-state index contributed by atoms with van der Waals surface area (Å²) < 4.78 is 5.25. The molecule has 138 valence electrons. The van der Waals surface area contributed by atoms with Crippen molar-refractivity contribution < 1.29 is 14.1 Å². The molecule has 2 amide bonds. The Morgan fingerprint density at radius 2 is 2.04 bits per heavy atom. The lowest BCUT2D eigenvalue weighted by Crippen LogP contribution is -2.40. The molecule has 0 aromatic carbocycles. The van der Waals surface area contributed by atoms with Crippen LogP contribution in [0.2, 0.25) is 0 Å². The molecule has 2 aromatic heterocycles. The third-order valence-corrected chi connectivity index (χ3v) is 6.03. The van der Waals surface area contributed by atoms with E-state index in [2.05, 4.69) is 10.1 Å². The van der Waals surface area contributed by atoms with Crippen molar-refractivity contribution in [3.63, 3.8) is 0 Å². The van der Waals surface area contributed by atoms with Crippen LogP contribution in [0.25, 0.3) is 11.1 Å². The summed E-state index contributed by atoms with van der Waals surface area (Å²) in [6, 6.07) is 1.96. The summed E-state index contributed by atoms with van der Waals surface area (Å²) in [6.07, 6.45) is 2.44. The zero-order valence-corrected chi connectivity index (χ0v) is 15.7. The van der Waals surface area contributed by atoms with Gasteiger partial charge in [0.1, 0.15) is 0 Å². The highest BCUT2D eigenvalue weighted by atomic mass is 16.5. The molecular formula is C19H24N4O3. The van der Waals surface area contributed by atoms with Gasteiger partial charge in [0, 0.05) is 38.8 Å². The van der Waals surface area contributed by atoms with E-state index in [0.29, 0.717) is 40.6 Å². The summed E-state index contributed by atoms with van der Waals surface area (Å²) in [7, 11) is 3.73. The summed E-state index contributed by atoms with van der Waals surface area (Å²) in [4.78, 5) is 33.2. The van der Waals surface area contributed by atoms with Crippen molar-refractivity contribution in [3.05, 3.63) is 23.0 Å². The number of carbonyl (C=O) groups is 2. The quantitative estimate of drug-likeness (QED) is 0.824. The topological polar surface area (TPSA) is 79.5 Å². The molecule has 2 aromatic rings. The van der Waals surface area contributed by atoms with Gasteiger partial charge in [0.15, 0.2) is 0 Å². The third-order valence-electron chi connectivity index (χ3n) is 6.03. The number of aromatic nitrogens is 2. The van der Waals surface area contributed by atoms with Gasteiger partial charge in [0.05, 0.1) is 16.6 Å². The van der Waals surface area contributed by atoms with Gasteiger partial charge in [-0.05, 0) is 44.6 Å². The van der Waals surface area contributed by atoms with E-state index in [0.717, 1.165) is 25.1 Å². The number of piperidine rings is 1. The van der Waals surface area contributed by atoms with E-state index < -0.39 is 0 Å². The normalized spacial score (nSPS) is 25.6. The zero-order valence-electron chi connectivity index (χ0n) is 15.7. The summed E-state index contributed by atoms with van der Waals surface area (Å²) in [5.41, 5.74) is 2.41. The molecule has 26 heavy (non-hydrogen) atoms. The number of aryl methyl sites for hydroxylation is 2. The molecule has 0 radical (unpaired) electrons. The fourth-order valence-corrected chi connectivity index (χ4v) is 4.55. The number of carbonyl (C=O) groups excluding carboxylic acids is 2. The maximum atomic E-state index is 13.2. The van der Waals surface area contributed by atoms with Gasteiger partial charge in [-0.25, -0.2) is 4.98 Å². The van der Waals surface area contributed by atoms with Crippen LogP contribution < -0.4 is 0 Å². The van der Waals surface area contributed by atoms with Gasteiger partial charge in [-0.2, -0.15) is 0 Å². The summed E-state index contributed by atoms with van der Waals surface area (Å²) in [6.45, 7) is 4.47. The highest BCUT2D eigenvalue weighted by Gasteiger charge is 2.42. The lowest BCUT2D eigenvalue weighted by molar-refractivity contribution is -0.134. The number of nitrogens with zero attached hydrogens (tertiary/aromatic N) is 4. The highest BCUT2D eigenvalue weighted by Crippen LogP contribution is 2.40. The first-order valence-corrected chi connectivity index (χ1v) is 9.10. The molecule has 0 spiro atoms. The Morgan fingerprint density at radius 1 is 1.31 bits per heavy atom. The number of hydrogen-bond donors (Lipinski definition) is 0. The molecule has 3 atom stereocenters. The minimum Gasteiger partial charge on any atom is -0.345 e. The summed E-state index contributed by atoms with van der Waals surface area (Å²) in [5, 5.41) is 4.65. The van der Waals surface area contributed by atoms with Gasteiger partial charge in [-0.1, -0.05) is 5.16 Å². The maximum absolute atomic E-state index is 13.2. The van der Waals surface area contributed by atoms with E-state index in [1.165, 1.54) is 0 Å². The number of fused-ring (bicyclic) bond motifs is 2. The van der Waals surface area contributed by atoms with Gasteiger partial charge >= 0.3 is 0 Å². The molecule has 7 heteroatoms. The molecule has 0 bridgehead atoms. The predicted octanol–water partition coefficient (Wildman–Crippen LogP) is 2.17. The largest absolute Gasteiger partial charge is 0.345 e. The van der Waals surface area contributed by atoms with Crippen LogP contribution in [0.5, 0.6) is 0 Å². The third kappa shape index (κ3) is 2.66. The first-order chi connectivity index (χ1) is 12.3. The molecule has 2 fully saturated rings. The molecule has 1 aliphatic heterocycles. The van der Waals surface area contributed by atoms with Gasteiger partial charge < -0.3 is 14.3 Å². The van der Waals surface area contributed by atoms with Crippen molar-refractivity contribution in [3.8, 4) is 0 Å². The average Bonchev–Trinajstić information content (AvgIpc) is 3.17. The second-order valence-corrected chi connectivity index (χ2v) is 7.80. The van der Waals surface area contributed by atoms with Crippen molar-refractivity contribution in [1.82, 2.24) is 19.9 Å². The first-order valence-electron chi connectivity index (χ1n) is 9.10. The van der Waals surface area contributed by atoms with E-state index >= 15 is 0 Å². The summed E-state index contributed by atoms with van der Waals surface area (Å²) >= 11 is 0. The number of hydrogen-bond acceptors (Lipinski definition) is 5. The molecule has 7 nitrogen and oxygen atoms in total. The van der Waals surface area contributed by atoms with Crippen LogP contribution in [0, 0.1) is 25.7 Å². The smallest absolute Gasteiger partial charge is 0.258 e. The SMILES string of the molecule is Cc1cc(C(=O)N(C)[C@H]2C[C@H]3CC(=O)N(C)C[C@H]3C2)c2c(C)noc2n1. The zero-order chi connectivity index (χ0) is 18.6. The number of amides is 2. The van der Waals surface area contributed by atoms with Crippen molar-refractivity contribution in [1.29, 1.82) is 0 Å². The van der Waals surface area contributed by atoms with Crippen LogP contribution in [-0.2, 0) is 4.79 Å². The fraction of sp³-hybridized carbons (Fsp3) is 0.579. The Labute approximate surface area is 152 Å². The molecule has 3 heterocycles. The van der Waals surface area contributed by atoms with Gasteiger partial charge in [-0.15, -0.1) is 0 Å². The molecule has 0 N–H and O–H groups in total. The minimum absolute atomic E-state index is 0.0323. The fourth-order valence-electron chi connectivity index (χ4n) is 4.55. The predicted molar refractivity (Wildman–Crippen MR) is 95.6 cm³/mol. The van der Waals surface area contributed by atoms with Crippen LogP contribution in [0.4, 0.5) is 0 Å². The molecule has 4 rings (SSSR count). The Bertz CT molecular complexity index is 890. The minimum atomic E-state index is -0.0323. The Balaban J connectivity index is 1.60. The Morgan fingerprint density at radius 3 is 2.81 bits per heavy atom. The lowest BCUT2D eigenvalue weighted by Gasteiger charge is -2.31. The second-order valence-electron chi connectivity index (χ2n) is 7.80. The Kier molecular flexibility index (Phi) is 3.97. The van der Waals surface area contributed by atoms with Crippen LogP contribution >= 0.6 is 0 Å². The molecule has 1 aliphatic carbocycles. The van der Waals surface area contributed by atoms with Crippen molar-refractivity contribution in [2.45, 2.75) is 39.2 Å². The molecule has 2 aliphatic rings. The maximum Gasteiger partial charge on any atom is 0.258 e. The van der Waals surface area contributed by atoms with E-state index in [9.17, 15) is 9.59 Å². The van der Waals surface area contributed by atoms with E-state index in [1.54, 1.807) is 0 Å². The van der Waals surface area contributed by atoms with Crippen LogP contribution in [0.15, 0.2) is 10.6 Å². The standard InChI is InChI=1S/C19H24N4O3/c1-10-5-15(17-11(2)21-26-18(17)20-10)19(25)23(4)14-6-12-8-16(24)22(3)9-13(12)7-14/h5,12-14H,6-9H2,1-4H3/t12-,13+,14-/m0/s1. The summed E-state index contributed by atoms with van der Waals surface area (Å²) in [5.74, 6) is 1.05. The monoisotopic (exact) mass is 356 g/mol. The Hall–Kier alpha value is -2.44. The van der Waals surface area contributed by atoms with E-state index in [-0.39, 0.29) is 17.9 Å². The van der Waals surface area contributed by atoms with E-state index in [4.69, 9.17) is 4.52 Å². The number of likely N-dealkylation sites (tertiary alicyclic amines) is 1. The van der Waals surface area contributed by atoms with Crippen LogP contribution in [0.3, 0.4) is 0 Å². The van der Waals surface area contributed by atoms with Gasteiger partial charge in [0.2, 0.25) is 5.91 Å². The molecule has 1 saturated heterocycles. The van der Waals surface area contributed by atoms with Gasteiger partial charge in [0.25, 0.3) is 11.6 Å². The van der Waals surface area contributed by atoms with Gasteiger partial charge in [-0.3, -0.25) is 9.59 Å². The van der Waals surface area contributed by atoms with Crippen molar-refractivity contribution in [2.75, 3.05) is 20.6 Å². The van der Waals surface area contributed by atoms with Crippen molar-refractivity contribution >= 4 is 22.9 Å². The molecule has 0 unspecified atom stereocenters. The highest BCUT2D eigenvalue weighted by molar-refractivity contribution is 6.06. The lowest BCUT2D eigenvalue weighted by atomic mass is 9.88. The first kappa shape index (κ1) is 17.0. The van der Waals surface area contributed by atoms with E-state index in [1.807, 2.05) is 43.8 Å². The molecular weight excluding hydrogens is 332 g/mol. The van der Waals surface area contributed by atoms with Crippen molar-refractivity contribution in [2.24, 2.45) is 11.8 Å². The number of rotatable bonds is 2. The van der Waals surface area contributed by atoms with Crippen LogP contribution in [0.1, 0.15) is 41.0 Å².